The van der Waals surface area contributed by atoms with Crippen molar-refractivity contribution in [1.29, 1.82) is 0 Å². The molecule has 4 N–H and O–H groups in total. The van der Waals surface area contributed by atoms with Crippen molar-refractivity contribution in [2.24, 2.45) is 0 Å². The molecular weight excluding hydrogens is 176 g/mol. The van der Waals surface area contributed by atoms with Crippen molar-refractivity contribution in [2.75, 3.05) is 18.8 Å². The monoisotopic (exact) mass is 192 g/mol. The molecule has 1 aliphatic rings. The smallest absolute Gasteiger partial charge is 0.103 e. The first-order chi connectivity index (χ1) is 6.62. The van der Waals surface area contributed by atoms with Gasteiger partial charge in [0.15, 0.2) is 0 Å². The van der Waals surface area contributed by atoms with Crippen LogP contribution in [0.5, 0.6) is 0 Å². The molecule has 0 aliphatic carbocycles. The Morgan fingerprint density at radius 2 is 2.29 bits per heavy atom. The highest BCUT2D eigenvalue weighted by Crippen LogP contribution is 2.29. The molecule has 3 heteroatoms. The molecule has 1 aromatic carbocycles. The summed E-state index contributed by atoms with van der Waals surface area (Å²) < 4.78 is 0. The van der Waals surface area contributed by atoms with Gasteiger partial charge in [0.25, 0.3) is 0 Å². The number of aryl methyl sites for hydroxylation is 1. The first kappa shape index (κ1) is 9.49. The Balaban J connectivity index is 2.36. The number of anilines is 1. The second-order valence-corrected chi connectivity index (χ2v) is 4.03. The van der Waals surface area contributed by atoms with Crippen molar-refractivity contribution in [3.05, 3.63) is 29.3 Å². The topological polar surface area (TPSA) is 58.3 Å². The summed E-state index contributed by atoms with van der Waals surface area (Å²) >= 11 is 0. The molecule has 0 aromatic heterocycles. The lowest BCUT2D eigenvalue weighted by Gasteiger charge is -2.22. The zero-order chi connectivity index (χ0) is 10.2. The van der Waals surface area contributed by atoms with E-state index >= 15 is 0 Å². The second kappa shape index (κ2) is 3.26. The van der Waals surface area contributed by atoms with Crippen LogP contribution >= 0.6 is 0 Å². The lowest BCUT2D eigenvalue weighted by molar-refractivity contribution is 0.0587. The number of nitrogen functional groups attached to an aromatic ring is 1. The van der Waals surface area contributed by atoms with Gasteiger partial charge in [-0.2, -0.15) is 0 Å². The summed E-state index contributed by atoms with van der Waals surface area (Å²) in [6.45, 7) is 3.47. The Kier molecular flexibility index (Phi) is 2.21. The SMILES string of the molecule is Cc1cc(C2(O)CCNC2)ccc1N. The van der Waals surface area contributed by atoms with E-state index in [4.69, 9.17) is 5.73 Å². The van der Waals surface area contributed by atoms with E-state index in [9.17, 15) is 5.11 Å². The fourth-order valence-corrected chi connectivity index (χ4v) is 1.89. The molecule has 14 heavy (non-hydrogen) atoms. The highest BCUT2D eigenvalue weighted by molar-refractivity contribution is 5.49. The molecule has 1 unspecified atom stereocenters. The van der Waals surface area contributed by atoms with Gasteiger partial charge in [0.2, 0.25) is 0 Å². The zero-order valence-electron chi connectivity index (χ0n) is 8.38. The van der Waals surface area contributed by atoms with Crippen LogP contribution < -0.4 is 11.1 Å². The summed E-state index contributed by atoms with van der Waals surface area (Å²) in [5.74, 6) is 0. The average molecular weight is 192 g/mol. The Bertz CT molecular complexity index is 343. The molecule has 0 saturated carbocycles. The number of aliphatic hydroxyl groups is 1. The fraction of sp³-hybridized carbons (Fsp3) is 0.455. The van der Waals surface area contributed by atoms with Crippen LogP contribution in [0.2, 0.25) is 0 Å². The van der Waals surface area contributed by atoms with Crippen molar-refractivity contribution in [3.63, 3.8) is 0 Å². The Morgan fingerprint density at radius 3 is 2.86 bits per heavy atom. The summed E-state index contributed by atoms with van der Waals surface area (Å²) in [6.07, 6.45) is 0.774. The van der Waals surface area contributed by atoms with E-state index < -0.39 is 5.60 Å². The molecule has 2 rings (SSSR count). The highest BCUT2D eigenvalue weighted by Gasteiger charge is 2.32. The molecule has 0 spiro atoms. The Morgan fingerprint density at radius 1 is 1.50 bits per heavy atom. The molecular formula is C11H16N2O. The number of nitrogens with two attached hydrogens (primary N) is 1. The standard InChI is InChI=1S/C11H16N2O/c1-8-6-9(2-3-10(8)12)11(14)4-5-13-7-11/h2-3,6,13-14H,4-5,7,12H2,1H3. The minimum absolute atomic E-state index is 0.635. The van der Waals surface area contributed by atoms with E-state index in [0.29, 0.717) is 6.54 Å². The maximum Gasteiger partial charge on any atom is 0.103 e. The van der Waals surface area contributed by atoms with Crippen molar-refractivity contribution < 1.29 is 5.11 Å². The summed E-state index contributed by atoms with van der Waals surface area (Å²) in [5.41, 5.74) is 7.82. The van der Waals surface area contributed by atoms with E-state index in [1.807, 2.05) is 25.1 Å². The Hall–Kier alpha value is -1.06. The molecule has 0 radical (unpaired) electrons. The molecule has 1 saturated heterocycles. The average Bonchev–Trinajstić information content (AvgIpc) is 2.58. The van der Waals surface area contributed by atoms with Crippen LogP contribution in [0, 0.1) is 6.92 Å². The normalized spacial score (nSPS) is 26.7. The third-order valence-electron chi connectivity index (χ3n) is 2.94. The quantitative estimate of drug-likeness (QED) is 0.576. The van der Waals surface area contributed by atoms with Crippen LogP contribution in [-0.2, 0) is 5.60 Å². The maximum absolute atomic E-state index is 10.3. The maximum atomic E-state index is 10.3. The van der Waals surface area contributed by atoms with Crippen LogP contribution in [0.3, 0.4) is 0 Å². The van der Waals surface area contributed by atoms with Crippen LogP contribution in [0.25, 0.3) is 0 Å². The molecule has 0 bridgehead atoms. The minimum Gasteiger partial charge on any atom is -0.399 e. The molecule has 3 nitrogen and oxygen atoms in total. The molecule has 1 fully saturated rings. The second-order valence-electron chi connectivity index (χ2n) is 4.03. The summed E-state index contributed by atoms with van der Waals surface area (Å²) in [4.78, 5) is 0. The van der Waals surface area contributed by atoms with Gasteiger partial charge in [-0.1, -0.05) is 12.1 Å². The summed E-state index contributed by atoms with van der Waals surface area (Å²) in [5, 5.41) is 13.4. The van der Waals surface area contributed by atoms with Gasteiger partial charge in [-0.05, 0) is 37.1 Å². The first-order valence-electron chi connectivity index (χ1n) is 4.91. The number of β-amino-alcohol motifs (C(OH)–C–C–N with tert-alkyl or cyclic N) is 1. The van der Waals surface area contributed by atoms with E-state index in [1.165, 1.54) is 0 Å². The molecule has 76 valence electrons. The van der Waals surface area contributed by atoms with Gasteiger partial charge in [-0.15, -0.1) is 0 Å². The van der Waals surface area contributed by atoms with Crippen LogP contribution in [0.1, 0.15) is 17.5 Å². The van der Waals surface area contributed by atoms with Gasteiger partial charge < -0.3 is 16.2 Å². The van der Waals surface area contributed by atoms with Crippen molar-refractivity contribution >= 4 is 5.69 Å². The number of nitrogens with one attached hydrogen (secondary N) is 1. The lowest BCUT2D eigenvalue weighted by atomic mass is 9.91. The number of hydrogen-bond acceptors (Lipinski definition) is 3. The van der Waals surface area contributed by atoms with Gasteiger partial charge >= 0.3 is 0 Å². The van der Waals surface area contributed by atoms with Crippen LogP contribution in [0.15, 0.2) is 18.2 Å². The highest BCUT2D eigenvalue weighted by atomic mass is 16.3. The molecule has 1 heterocycles. The summed E-state index contributed by atoms with van der Waals surface area (Å²) in [6, 6.07) is 5.75. The third-order valence-corrected chi connectivity index (χ3v) is 2.94. The van der Waals surface area contributed by atoms with Gasteiger partial charge in [-0.25, -0.2) is 0 Å². The van der Waals surface area contributed by atoms with Crippen molar-refractivity contribution in [3.8, 4) is 0 Å². The van der Waals surface area contributed by atoms with Crippen molar-refractivity contribution in [1.82, 2.24) is 5.32 Å². The number of benzene rings is 1. The van der Waals surface area contributed by atoms with E-state index in [-0.39, 0.29) is 0 Å². The zero-order valence-corrected chi connectivity index (χ0v) is 8.38. The number of rotatable bonds is 1. The van der Waals surface area contributed by atoms with E-state index in [1.54, 1.807) is 0 Å². The third kappa shape index (κ3) is 1.49. The van der Waals surface area contributed by atoms with E-state index in [2.05, 4.69) is 5.32 Å². The fourth-order valence-electron chi connectivity index (χ4n) is 1.89. The minimum atomic E-state index is -0.696. The molecule has 1 aromatic rings. The Labute approximate surface area is 83.9 Å². The largest absolute Gasteiger partial charge is 0.399 e. The van der Waals surface area contributed by atoms with Gasteiger partial charge in [0.05, 0.1) is 0 Å². The molecule has 0 amide bonds. The lowest BCUT2D eigenvalue weighted by Crippen LogP contribution is -2.28. The van der Waals surface area contributed by atoms with Gasteiger partial charge in [-0.3, -0.25) is 0 Å². The summed E-state index contributed by atoms with van der Waals surface area (Å²) in [7, 11) is 0. The van der Waals surface area contributed by atoms with Crippen molar-refractivity contribution in [2.45, 2.75) is 18.9 Å². The van der Waals surface area contributed by atoms with E-state index in [0.717, 1.165) is 29.8 Å². The molecule has 1 atom stereocenters. The van der Waals surface area contributed by atoms with Crippen LogP contribution in [-0.4, -0.2) is 18.2 Å². The number of hydrogen-bond donors (Lipinski definition) is 3. The predicted octanol–water partition coefficient (Wildman–Crippen LogP) is 0.758. The van der Waals surface area contributed by atoms with Crippen LogP contribution in [0.4, 0.5) is 5.69 Å². The molecule has 1 aliphatic heterocycles. The van der Waals surface area contributed by atoms with Gasteiger partial charge in [0, 0.05) is 12.2 Å². The first-order valence-corrected chi connectivity index (χ1v) is 4.91. The predicted molar refractivity (Wildman–Crippen MR) is 57.0 cm³/mol. The van der Waals surface area contributed by atoms with Gasteiger partial charge in [0.1, 0.15) is 5.60 Å².